The van der Waals surface area contributed by atoms with Gasteiger partial charge < -0.3 is 5.11 Å². The van der Waals surface area contributed by atoms with Gasteiger partial charge in [-0.05, 0) is 48.9 Å². The molecule has 1 N–H and O–H groups in total. The monoisotopic (exact) mass is 516 g/mol. The topological polar surface area (TPSA) is 106 Å². The number of ketones is 1. The molecule has 0 radical (unpaired) electrons. The fraction of sp³-hybridized carbons (Fsp3) is 0.458. The Morgan fingerprint density at radius 3 is 1.65 bits per heavy atom. The van der Waals surface area contributed by atoms with E-state index in [1.54, 1.807) is 24.3 Å². The minimum Gasteiger partial charge on any atom is -0.386 e. The summed E-state index contributed by atoms with van der Waals surface area (Å²) in [5, 5.41) is 9.89. The van der Waals surface area contributed by atoms with Crippen molar-refractivity contribution < 1.29 is 35.5 Å². The maximum absolute atomic E-state index is 14.0. The molecule has 1 unspecified atom stereocenters. The van der Waals surface area contributed by atoms with E-state index in [-0.39, 0.29) is 28.6 Å². The number of carbonyl (C=O) groups excluding carboxylic acids is 1. The van der Waals surface area contributed by atoms with Crippen LogP contribution in [0.1, 0.15) is 39.5 Å². The summed E-state index contributed by atoms with van der Waals surface area (Å²) >= 11 is 0. The SMILES string of the molecule is CC1CC(=O)C1.CC1CC(O)(C(F)S(=O)(=O)c2ccccc2)C1.O=S(=O)(CF)c1ccccc1. The molecule has 2 aliphatic carbocycles. The van der Waals surface area contributed by atoms with Gasteiger partial charge >= 0.3 is 0 Å². The van der Waals surface area contributed by atoms with Gasteiger partial charge in [0, 0.05) is 12.8 Å². The molecule has 0 aliphatic heterocycles. The fourth-order valence-electron chi connectivity index (χ4n) is 3.76. The normalized spacial score (nSPS) is 23.2. The first kappa shape index (κ1) is 28.1. The van der Waals surface area contributed by atoms with Crippen molar-refractivity contribution in [3.8, 4) is 0 Å². The van der Waals surface area contributed by atoms with Gasteiger partial charge in [0.15, 0.2) is 6.01 Å². The number of carbonyl (C=O) groups is 1. The van der Waals surface area contributed by atoms with Crippen LogP contribution >= 0.6 is 0 Å². The zero-order chi connectivity index (χ0) is 25.6. The van der Waals surface area contributed by atoms with E-state index in [1.165, 1.54) is 36.4 Å². The van der Waals surface area contributed by atoms with Crippen LogP contribution in [0.5, 0.6) is 0 Å². The van der Waals surface area contributed by atoms with Gasteiger partial charge in [-0.15, -0.1) is 0 Å². The zero-order valence-corrected chi connectivity index (χ0v) is 20.7. The summed E-state index contributed by atoms with van der Waals surface area (Å²) in [4.78, 5) is 10.1. The lowest BCUT2D eigenvalue weighted by molar-refractivity contribution is -0.126. The summed E-state index contributed by atoms with van der Waals surface area (Å²) in [5.41, 5.74) is -3.96. The summed E-state index contributed by atoms with van der Waals surface area (Å²) < 4.78 is 71.4. The van der Waals surface area contributed by atoms with Gasteiger partial charge in [0.25, 0.3) is 0 Å². The molecule has 2 fully saturated rings. The predicted molar refractivity (Wildman–Crippen MR) is 125 cm³/mol. The lowest BCUT2D eigenvalue weighted by Crippen LogP contribution is -2.53. The van der Waals surface area contributed by atoms with Crippen LogP contribution in [0.25, 0.3) is 0 Å². The van der Waals surface area contributed by atoms with Gasteiger partial charge in [0.2, 0.25) is 25.2 Å². The Hall–Kier alpha value is -2.17. The molecule has 0 heterocycles. The van der Waals surface area contributed by atoms with E-state index < -0.39 is 36.8 Å². The first-order chi connectivity index (χ1) is 15.8. The van der Waals surface area contributed by atoms with E-state index in [4.69, 9.17) is 0 Å². The Labute approximate surface area is 199 Å². The van der Waals surface area contributed by atoms with Crippen molar-refractivity contribution in [3.63, 3.8) is 0 Å². The van der Waals surface area contributed by atoms with Crippen LogP contribution in [0.3, 0.4) is 0 Å². The summed E-state index contributed by atoms with van der Waals surface area (Å²) in [5.74, 6) is 1.30. The van der Waals surface area contributed by atoms with E-state index in [0.717, 1.165) is 12.8 Å². The molecule has 6 nitrogen and oxygen atoms in total. The number of Topliss-reactive ketones (excluding diaryl/α,β-unsaturated/α-hetero) is 1. The van der Waals surface area contributed by atoms with Crippen LogP contribution in [0.4, 0.5) is 8.78 Å². The first-order valence-corrected chi connectivity index (χ1v) is 14.0. The molecule has 2 saturated carbocycles. The molecule has 188 valence electrons. The summed E-state index contributed by atoms with van der Waals surface area (Å²) in [6, 6.07) is 13.6. The van der Waals surface area contributed by atoms with Crippen LogP contribution in [0.15, 0.2) is 70.5 Å². The van der Waals surface area contributed by atoms with Crippen LogP contribution in [0, 0.1) is 11.8 Å². The van der Waals surface area contributed by atoms with Crippen molar-refractivity contribution >= 4 is 25.5 Å². The van der Waals surface area contributed by atoms with E-state index in [9.17, 15) is 35.5 Å². The predicted octanol–water partition coefficient (Wildman–Crippen LogP) is 4.29. The molecule has 2 aromatic carbocycles. The maximum Gasteiger partial charge on any atom is 0.233 e. The van der Waals surface area contributed by atoms with Gasteiger partial charge in [-0.2, -0.15) is 0 Å². The molecule has 4 rings (SSSR count). The smallest absolute Gasteiger partial charge is 0.233 e. The third-order valence-corrected chi connectivity index (χ3v) is 8.76. The van der Waals surface area contributed by atoms with Crippen molar-refractivity contribution in [1.29, 1.82) is 0 Å². The van der Waals surface area contributed by atoms with Crippen LogP contribution < -0.4 is 0 Å². The second-order valence-corrected chi connectivity index (χ2v) is 12.8. The molecule has 2 aromatic rings. The highest BCUT2D eigenvalue weighted by Crippen LogP contribution is 2.44. The van der Waals surface area contributed by atoms with Crippen molar-refractivity contribution in [3.05, 3.63) is 60.7 Å². The molecule has 0 bridgehead atoms. The molecule has 34 heavy (non-hydrogen) atoms. The fourth-order valence-corrected chi connectivity index (χ4v) is 6.00. The maximum atomic E-state index is 14.0. The first-order valence-electron chi connectivity index (χ1n) is 10.8. The molecule has 2 aliphatic rings. The Balaban J connectivity index is 0.000000204. The molecule has 0 saturated heterocycles. The number of rotatable bonds is 5. The van der Waals surface area contributed by atoms with E-state index in [2.05, 4.69) is 6.92 Å². The number of hydrogen-bond acceptors (Lipinski definition) is 6. The highest BCUT2D eigenvalue weighted by molar-refractivity contribution is 7.92. The highest BCUT2D eigenvalue weighted by Gasteiger charge is 2.53. The van der Waals surface area contributed by atoms with Gasteiger partial charge in [0.05, 0.1) is 9.79 Å². The van der Waals surface area contributed by atoms with Crippen LogP contribution in [-0.2, 0) is 24.5 Å². The summed E-state index contributed by atoms with van der Waals surface area (Å²) in [6.07, 6.45) is 2.06. The summed E-state index contributed by atoms with van der Waals surface area (Å²) in [7, 11) is -7.76. The lowest BCUT2D eigenvalue weighted by Gasteiger charge is -2.43. The van der Waals surface area contributed by atoms with Crippen LogP contribution in [0.2, 0.25) is 0 Å². The number of benzene rings is 2. The molecule has 10 heteroatoms. The summed E-state index contributed by atoms with van der Waals surface area (Å²) in [6.45, 7) is 3.96. The minimum atomic E-state index is -4.10. The Morgan fingerprint density at radius 2 is 1.32 bits per heavy atom. The molecular weight excluding hydrogens is 486 g/mol. The second-order valence-electron chi connectivity index (χ2n) is 8.88. The van der Waals surface area contributed by atoms with Gasteiger partial charge in [-0.1, -0.05) is 50.2 Å². The number of halogens is 2. The zero-order valence-electron chi connectivity index (χ0n) is 19.1. The largest absolute Gasteiger partial charge is 0.386 e. The van der Waals surface area contributed by atoms with Gasteiger partial charge in [0.1, 0.15) is 11.4 Å². The van der Waals surface area contributed by atoms with E-state index in [1.807, 2.05) is 6.92 Å². The molecule has 0 spiro atoms. The molecule has 1 atom stereocenters. The third-order valence-electron chi connectivity index (χ3n) is 5.57. The molecule has 0 aromatic heterocycles. The number of hydrogen-bond donors (Lipinski definition) is 1. The van der Waals surface area contributed by atoms with Crippen LogP contribution in [-0.4, -0.2) is 44.8 Å². The van der Waals surface area contributed by atoms with Gasteiger partial charge in [-0.25, -0.2) is 25.6 Å². The number of sulfone groups is 2. The Morgan fingerprint density at radius 1 is 0.882 bits per heavy atom. The molecule has 0 amide bonds. The van der Waals surface area contributed by atoms with E-state index in [0.29, 0.717) is 11.7 Å². The lowest BCUT2D eigenvalue weighted by atomic mass is 9.73. The van der Waals surface area contributed by atoms with Crippen molar-refractivity contribution in [2.75, 3.05) is 6.01 Å². The number of aliphatic hydroxyl groups is 1. The van der Waals surface area contributed by atoms with Gasteiger partial charge in [-0.3, -0.25) is 4.79 Å². The average molecular weight is 517 g/mol. The van der Waals surface area contributed by atoms with E-state index >= 15 is 0 Å². The average Bonchev–Trinajstić information content (AvgIpc) is 2.79. The van der Waals surface area contributed by atoms with Crippen molar-refractivity contribution in [2.24, 2.45) is 11.8 Å². The van der Waals surface area contributed by atoms with Crippen molar-refractivity contribution in [1.82, 2.24) is 0 Å². The standard InChI is InChI=1S/C12H15FO3S.C7H7FO2S.C5H8O/c1-9-7-12(14,8-9)11(13)17(15,16)10-5-3-2-4-6-10;8-6-11(9,10)7-4-2-1-3-5-7;1-4-2-5(6)3-4/h2-6,9,11,14H,7-8H2,1H3;1-5H,6H2;4H,2-3H2,1H3. The minimum absolute atomic E-state index is 0.0301. The third kappa shape index (κ3) is 7.16. The highest BCUT2D eigenvalue weighted by atomic mass is 32.2. The van der Waals surface area contributed by atoms with Crippen molar-refractivity contribution in [2.45, 2.75) is 60.4 Å². The molecular formula is C24H30F2O6S2. The Kier molecular flexibility index (Phi) is 9.50. The Bertz CT molecular complexity index is 1140. The second kappa shape index (κ2) is 11.5. The number of alkyl halides is 2. The quantitative estimate of drug-likeness (QED) is 0.636.